The molecule has 130 valence electrons. The molecule has 2 aromatic carbocycles. The van der Waals surface area contributed by atoms with Gasteiger partial charge in [0.1, 0.15) is 0 Å². The quantitative estimate of drug-likeness (QED) is 0.615. The van der Waals surface area contributed by atoms with Gasteiger partial charge >= 0.3 is 0 Å². The molecule has 3 aromatic rings. The Bertz CT molecular complexity index is 922. The highest BCUT2D eigenvalue weighted by atomic mass is 32.2. The Kier molecular flexibility index (Phi) is 6.30. The van der Waals surface area contributed by atoms with Crippen molar-refractivity contribution in [2.75, 3.05) is 16.8 Å². The number of hydrogen-bond donors (Lipinski definition) is 1. The SMILES string of the molecule is N#CCSc1ccccc1NC(=O)CSc1nnc(-c2ccccc2)o1. The molecule has 1 N–H and O–H groups in total. The Morgan fingerprint density at radius 2 is 1.85 bits per heavy atom. The lowest BCUT2D eigenvalue weighted by atomic mass is 10.2. The van der Waals surface area contributed by atoms with E-state index < -0.39 is 0 Å². The highest BCUT2D eigenvalue weighted by molar-refractivity contribution is 8.00. The van der Waals surface area contributed by atoms with Gasteiger partial charge in [-0.1, -0.05) is 42.1 Å². The molecule has 0 saturated carbocycles. The molecule has 26 heavy (non-hydrogen) atoms. The van der Waals surface area contributed by atoms with Gasteiger partial charge in [-0.05, 0) is 24.3 Å². The molecule has 1 heterocycles. The number of nitriles is 1. The van der Waals surface area contributed by atoms with Crippen molar-refractivity contribution in [2.45, 2.75) is 10.1 Å². The maximum atomic E-state index is 12.2. The van der Waals surface area contributed by atoms with Crippen molar-refractivity contribution < 1.29 is 9.21 Å². The molecule has 0 aliphatic rings. The number of hydrogen-bond acceptors (Lipinski definition) is 7. The number of anilines is 1. The van der Waals surface area contributed by atoms with E-state index in [4.69, 9.17) is 9.68 Å². The van der Waals surface area contributed by atoms with Gasteiger partial charge in [-0.25, -0.2) is 0 Å². The van der Waals surface area contributed by atoms with Crippen molar-refractivity contribution in [3.05, 3.63) is 54.6 Å². The van der Waals surface area contributed by atoms with E-state index in [-0.39, 0.29) is 11.7 Å². The molecule has 0 aliphatic carbocycles. The summed E-state index contributed by atoms with van der Waals surface area (Å²) in [5.74, 6) is 0.714. The minimum absolute atomic E-state index is 0.147. The van der Waals surface area contributed by atoms with Crippen LogP contribution in [0.4, 0.5) is 5.69 Å². The fraction of sp³-hybridized carbons (Fsp3) is 0.111. The fourth-order valence-corrected chi connectivity index (χ4v) is 3.32. The molecule has 1 aromatic heterocycles. The Labute approximate surface area is 159 Å². The van der Waals surface area contributed by atoms with Crippen molar-refractivity contribution in [1.82, 2.24) is 10.2 Å². The van der Waals surface area contributed by atoms with Crippen molar-refractivity contribution in [1.29, 1.82) is 5.26 Å². The predicted octanol–water partition coefficient (Wildman–Crippen LogP) is 4.08. The molecule has 0 saturated heterocycles. The van der Waals surface area contributed by atoms with E-state index in [0.717, 1.165) is 10.5 Å². The molecular weight excluding hydrogens is 368 g/mol. The van der Waals surface area contributed by atoms with Gasteiger partial charge in [0.2, 0.25) is 11.8 Å². The molecule has 6 nitrogen and oxygen atoms in total. The van der Waals surface area contributed by atoms with Crippen LogP contribution in [-0.2, 0) is 4.79 Å². The number of para-hydroxylation sites is 1. The van der Waals surface area contributed by atoms with Gasteiger partial charge in [0.25, 0.3) is 5.22 Å². The Morgan fingerprint density at radius 1 is 1.08 bits per heavy atom. The van der Waals surface area contributed by atoms with Crippen LogP contribution in [0.25, 0.3) is 11.5 Å². The maximum Gasteiger partial charge on any atom is 0.277 e. The maximum absolute atomic E-state index is 12.2. The van der Waals surface area contributed by atoms with Gasteiger partial charge in [-0.2, -0.15) is 5.26 Å². The molecule has 0 aliphatic heterocycles. The number of thioether (sulfide) groups is 2. The molecule has 0 radical (unpaired) electrons. The first kappa shape index (κ1) is 18.0. The summed E-state index contributed by atoms with van der Waals surface area (Å²) in [6.45, 7) is 0. The summed E-state index contributed by atoms with van der Waals surface area (Å²) in [4.78, 5) is 13.1. The number of nitrogens with zero attached hydrogens (tertiary/aromatic N) is 3. The van der Waals surface area contributed by atoms with E-state index in [9.17, 15) is 4.79 Å². The summed E-state index contributed by atoms with van der Waals surface area (Å²) in [6.07, 6.45) is 0. The van der Waals surface area contributed by atoms with Gasteiger partial charge in [0.15, 0.2) is 0 Å². The second-order valence-electron chi connectivity index (χ2n) is 5.02. The van der Waals surface area contributed by atoms with Crippen LogP contribution in [0.15, 0.2) is 69.1 Å². The Morgan fingerprint density at radius 3 is 2.65 bits per heavy atom. The van der Waals surface area contributed by atoms with E-state index in [2.05, 4.69) is 21.6 Å². The third-order valence-electron chi connectivity index (χ3n) is 3.21. The van der Waals surface area contributed by atoms with Gasteiger partial charge in [0.05, 0.1) is 23.3 Å². The lowest BCUT2D eigenvalue weighted by Gasteiger charge is -2.08. The number of benzene rings is 2. The first-order chi connectivity index (χ1) is 12.8. The number of nitrogens with one attached hydrogen (secondary N) is 1. The molecule has 3 rings (SSSR count). The molecule has 0 fully saturated rings. The second kappa shape index (κ2) is 9.08. The van der Waals surface area contributed by atoms with Gasteiger partial charge < -0.3 is 9.73 Å². The van der Waals surface area contributed by atoms with Crippen LogP contribution in [0.5, 0.6) is 0 Å². The monoisotopic (exact) mass is 382 g/mol. The highest BCUT2D eigenvalue weighted by Crippen LogP contribution is 2.27. The van der Waals surface area contributed by atoms with E-state index in [1.165, 1.54) is 23.5 Å². The van der Waals surface area contributed by atoms with Crippen molar-refractivity contribution in [2.24, 2.45) is 0 Å². The van der Waals surface area contributed by atoms with Crippen LogP contribution in [0, 0.1) is 11.3 Å². The smallest absolute Gasteiger partial charge is 0.277 e. The zero-order valence-electron chi connectivity index (χ0n) is 13.6. The number of carbonyl (C=O) groups excluding carboxylic acids is 1. The molecule has 8 heteroatoms. The van der Waals surface area contributed by atoms with E-state index >= 15 is 0 Å². The summed E-state index contributed by atoms with van der Waals surface area (Å²) in [7, 11) is 0. The zero-order chi connectivity index (χ0) is 18.2. The normalized spacial score (nSPS) is 10.3. The summed E-state index contributed by atoms with van der Waals surface area (Å²) in [6, 6.07) is 18.9. The van der Waals surface area contributed by atoms with Crippen LogP contribution < -0.4 is 5.32 Å². The molecule has 0 unspecified atom stereocenters. The third kappa shape index (κ3) is 4.88. The average molecular weight is 382 g/mol. The molecule has 0 atom stereocenters. The summed E-state index contributed by atoms with van der Waals surface area (Å²) >= 11 is 2.56. The van der Waals surface area contributed by atoms with Gasteiger partial charge in [-0.15, -0.1) is 22.0 Å². The minimum Gasteiger partial charge on any atom is -0.411 e. The molecule has 0 bridgehead atoms. The predicted molar refractivity (Wildman–Crippen MR) is 102 cm³/mol. The molecule has 0 spiro atoms. The first-order valence-electron chi connectivity index (χ1n) is 7.66. The molecular formula is C18H14N4O2S2. The summed E-state index contributed by atoms with van der Waals surface area (Å²) < 4.78 is 5.57. The number of amides is 1. The minimum atomic E-state index is -0.181. The van der Waals surface area contributed by atoms with Crippen molar-refractivity contribution in [3.63, 3.8) is 0 Å². The summed E-state index contributed by atoms with van der Waals surface area (Å²) in [5, 5.41) is 19.8. The Balaban J connectivity index is 1.57. The second-order valence-corrected chi connectivity index (χ2v) is 6.96. The Hall–Kier alpha value is -2.76. The lowest BCUT2D eigenvalue weighted by molar-refractivity contribution is -0.113. The number of rotatable bonds is 7. The topological polar surface area (TPSA) is 91.8 Å². The average Bonchev–Trinajstić information content (AvgIpc) is 3.15. The highest BCUT2D eigenvalue weighted by Gasteiger charge is 2.12. The zero-order valence-corrected chi connectivity index (χ0v) is 15.2. The molecule has 1 amide bonds. The largest absolute Gasteiger partial charge is 0.411 e. The van der Waals surface area contributed by atoms with Crippen LogP contribution in [0.1, 0.15) is 0 Å². The number of aromatic nitrogens is 2. The van der Waals surface area contributed by atoms with Crippen LogP contribution >= 0.6 is 23.5 Å². The first-order valence-corrected chi connectivity index (χ1v) is 9.64. The lowest BCUT2D eigenvalue weighted by Crippen LogP contribution is -2.14. The van der Waals surface area contributed by atoms with Crippen LogP contribution in [0.2, 0.25) is 0 Å². The number of carbonyl (C=O) groups is 1. The van der Waals surface area contributed by atoms with Gasteiger partial charge in [-0.3, -0.25) is 4.79 Å². The third-order valence-corrected chi connectivity index (χ3v) is 4.97. The summed E-state index contributed by atoms with van der Waals surface area (Å²) in [5.41, 5.74) is 1.52. The standard InChI is InChI=1S/C18H14N4O2S2/c19-10-11-25-15-9-5-4-8-14(15)20-16(23)12-26-18-22-21-17(24-18)13-6-2-1-3-7-13/h1-9H,11-12H2,(H,20,23). The van der Waals surface area contributed by atoms with Crippen molar-refractivity contribution >= 4 is 35.1 Å². The van der Waals surface area contributed by atoms with E-state index in [1.807, 2.05) is 54.6 Å². The van der Waals surface area contributed by atoms with Crippen molar-refractivity contribution in [3.8, 4) is 17.5 Å². The van der Waals surface area contributed by atoms with E-state index in [1.54, 1.807) is 0 Å². The fourth-order valence-electron chi connectivity index (χ4n) is 2.08. The van der Waals surface area contributed by atoms with Crippen LogP contribution in [0.3, 0.4) is 0 Å². The van der Waals surface area contributed by atoms with E-state index in [0.29, 0.717) is 22.6 Å². The van der Waals surface area contributed by atoms with Crippen LogP contribution in [-0.4, -0.2) is 27.6 Å². The van der Waals surface area contributed by atoms with Gasteiger partial charge in [0, 0.05) is 10.5 Å².